The van der Waals surface area contributed by atoms with Crippen molar-refractivity contribution in [1.82, 2.24) is 9.88 Å². The van der Waals surface area contributed by atoms with Gasteiger partial charge in [-0.2, -0.15) is 0 Å². The van der Waals surface area contributed by atoms with E-state index < -0.39 is 0 Å². The van der Waals surface area contributed by atoms with Crippen LogP contribution in [0.15, 0.2) is 18.3 Å². The van der Waals surface area contributed by atoms with E-state index in [1.54, 1.807) is 18.3 Å². The number of carbonyl (C=O) groups excluding carboxylic acids is 1. The molecule has 2 atom stereocenters. The van der Waals surface area contributed by atoms with Crippen molar-refractivity contribution in [3.8, 4) is 0 Å². The summed E-state index contributed by atoms with van der Waals surface area (Å²) in [4.78, 5) is 18.0. The van der Waals surface area contributed by atoms with Gasteiger partial charge in [-0.3, -0.25) is 9.69 Å². The molecular weight excluding hydrogens is 266 g/mol. The van der Waals surface area contributed by atoms with E-state index in [1.165, 1.54) is 0 Å². The van der Waals surface area contributed by atoms with Gasteiger partial charge in [-0.1, -0.05) is 11.6 Å². The van der Waals surface area contributed by atoms with Crippen LogP contribution in [0.5, 0.6) is 0 Å². The molecule has 2 N–H and O–H groups in total. The van der Waals surface area contributed by atoms with Crippen LogP contribution in [0.3, 0.4) is 0 Å². The van der Waals surface area contributed by atoms with Crippen LogP contribution in [0.2, 0.25) is 5.15 Å². The standard InChI is InChI=1S/C13H18ClN3O2/c1-9(17-7-3-4-10(18)8-17)13(19)16-11-5-2-6-15-12(11)14/h2,5-6,9-10,18H,3-4,7-8H2,1H3,(H,16,19). The Kier molecular flexibility index (Phi) is 4.74. The Morgan fingerprint density at radius 1 is 1.68 bits per heavy atom. The molecule has 1 aromatic heterocycles. The second-order valence-electron chi connectivity index (χ2n) is 4.80. The van der Waals surface area contributed by atoms with Gasteiger partial charge in [-0.05, 0) is 38.4 Å². The fourth-order valence-electron chi connectivity index (χ4n) is 2.22. The summed E-state index contributed by atoms with van der Waals surface area (Å²) in [6, 6.07) is 3.13. The number of aliphatic hydroxyl groups excluding tert-OH is 1. The molecule has 0 saturated carbocycles. The number of aromatic nitrogens is 1. The number of β-amino-alcohol motifs (C(OH)–C–C–N with tert-alkyl or cyclic N) is 1. The van der Waals surface area contributed by atoms with Crippen LogP contribution in [-0.4, -0.2) is 46.1 Å². The Bertz CT molecular complexity index is 455. The molecule has 1 aliphatic rings. The summed E-state index contributed by atoms with van der Waals surface area (Å²) in [5.74, 6) is -0.135. The summed E-state index contributed by atoms with van der Waals surface area (Å²) < 4.78 is 0. The van der Waals surface area contributed by atoms with Crippen molar-refractivity contribution in [2.45, 2.75) is 31.9 Å². The highest BCUT2D eigenvalue weighted by molar-refractivity contribution is 6.32. The number of likely N-dealkylation sites (tertiary alicyclic amines) is 1. The van der Waals surface area contributed by atoms with Crippen molar-refractivity contribution in [2.24, 2.45) is 0 Å². The smallest absolute Gasteiger partial charge is 0.241 e. The predicted molar refractivity (Wildman–Crippen MR) is 74.2 cm³/mol. The van der Waals surface area contributed by atoms with Crippen molar-refractivity contribution >= 4 is 23.2 Å². The maximum atomic E-state index is 12.1. The first-order chi connectivity index (χ1) is 9.08. The van der Waals surface area contributed by atoms with Crippen LogP contribution in [0, 0.1) is 0 Å². The van der Waals surface area contributed by atoms with Gasteiger partial charge in [-0.25, -0.2) is 4.98 Å². The van der Waals surface area contributed by atoms with Crippen molar-refractivity contribution in [3.63, 3.8) is 0 Å². The fourth-order valence-corrected chi connectivity index (χ4v) is 2.38. The number of rotatable bonds is 3. The number of halogens is 1. The topological polar surface area (TPSA) is 65.5 Å². The number of aliphatic hydroxyl groups is 1. The zero-order chi connectivity index (χ0) is 13.8. The molecule has 0 spiro atoms. The maximum Gasteiger partial charge on any atom is 0.241 e. The Morgan fingerprint density at radius 3 is 3.16 bits per heavy atom. The molecule has 19 heavy (non-hydrogen) atoms. The lowest BCUT2D eigenvalue weighted by Crippen LogP contribution is -2.48. The summed E-state index contributed by atoms with van der Waals surface area (Å²) in [7, 11) is 0. The van der Waals surface area contributed by atoms with Crippen molar-refractivity contribution in [3.05, 3.63) is 23.5 Å². The van der Waals surface area contributed by atoms with Gasteiger partial charge in [0.25, 0.3) is 0 Å². The van der Waals surface area contributed by atoms with Crippen LogP contribution in [0.1, 0.15) is 19.8 Å². The minimum atomic E-state index is -0.342. The summed E-state index contributed by atoms with van der Waals surface area (Å²) >= 11 is 5.90. The molecular formula is C13H18ClN3O2. The summed E-state index contributed by atoms with van der Waals surface area (Å²) in [5.41, 5.74) is 0.513. The minimum absolute atomic E-state index is 0.135. The lowest BCUT2D eigenvalue weighted by atomic mass is 10.1. The normalized spacial score (nSPS) is 21.9. The van der Waals surface area contributed by atoms with Crippen LogP contribution >= 0.6 is 11.6 Å². The number of carbonyl (C=O) groups is 1. The molecule has 1 aromatic rings. The summed E-state index contributed by atoms with van der Waals surface area (Å²) in [6.07, 6.45) is 2.94. The molecule has 0 bridgehead atoms. The molecule has 6 heteroatoms. The van der Waals surface area contributed by atoms with Crippen molar-refractivity contribution in [2.75, 3.05) is 18.4 Å². The number of hydrogen-bond acceptors (Lipinski definition) is 4. The number of nitrogens with one attached hydrogen (secondary N) is 1. The van der Waals surface area contributed by atoms with Gasteiger partial charge in [-0.15, -0.1) is 0 Å². The molecule has 1 amide bonds. The number of amides is 1. The third-order valence-electron chi connectivity index (χ3n) is 3.37. The molecule has 0 aliphatic carbocycles. The van der Waals surface area contributed by atoms with Gasteiger partial charge in [0.15, 0.2) is 5.15 Å². The first-order valence-electron chi connectivity index (χ1n) is 6.41. The highest BCUT2D eigenvalue weighted by Crippen LogP contribution is 2.19. The third-order valence-corrected chi connectivity index (χ3v) is 3.67. The molecule has 0 aromatic carbocycles. The van der Waals surface area contributed by atoms with E-state index in [2.05, 4.69) is 10.3 Å². The summed E-state index contributed by atoms with van der Waals surface area (Å²) in [5, 5.41) is 12.7. The fraction of sp³-hybridized carbons (Fsp3) is 0.538. The van der Waals surface area contributed by atoms with E-state index in [9.17, 15) is 9.90 Å². The van der Waals surface area contributed by atoms with Crippen LogP contribution in [-0.2, 0) is 4.79 Å². The van der Waals surface area contributed by atoms with Crippen molar-refractivity contribution < 1.29 is 9.90 Å². The highest BCUT2D eigenvalue weighted by atomic mass is 35.5. The van der Waals surface area contributed by atoms with Gasteiger partial charge in [0.05, 0.1) is 17.8 Å². The zero-order valence-electron chi connectivity index (χ0n) is 10.8. The SMILES string of the molecule is CC(C(=O)Nc1cccnc1Cl)N1CCCC(O)C1. The molecule has 5 nitrogen and oxygen atoms in total. The number of anilines is 1. The Balaban J connectivity index is 1.97. The first kappa shape index (κ1) is 14.2. The molecule has 1 aliphatic heterocycles. The molecule has 1 saturated heterocycles. The monoisotopic (exact) mass is 283 g/mol. The number of nitrogens with zero attached hydrogens (tertiary/aromatic N) is 2. The second-order valence-corrected chi connectivity index (χ2v) is 5.16. The van der Waals surface area contributed by atoms with Gasteiger partial charge in [0, 0.05) is 12.7 Å². The molecule has 2 rings (SSSR count). The first-order valence-corrected chi connectivity index (χ1v) is 6.79. The number of pyridine rings is 1. The Labute approximate surface area is 117 Å². The van der Waals surface area contributed by atoms with E-state index in [0.717, 1.165) is 19.4 Å². The van der Waals surface area contributed by atoms with Crippen LogP contribution in [0.25, 0.3) is 0 Å². The van der Waals surface area contributed by atoms with Gasteiger partial charge in [0.1, 0.15) is 0 Å². The highest BCUT2D eigenvalue weighted by Gasteiger charge is 2.26. The predicted octanol–water partition coefficient (Wildman–Crippen LogP) is 1.52. The quantitative estimate of drug-likeness (QED) is 0.826. The van der Waals surface area contributed by atoms with Gasteiger partial charge < -0.3 is 10.4 Å². The average molecular weight is 284 g/mol. The Hall–Kier alpha value is -1.17. The van der Waals surface area contributed by atoms with Gasteiger partial charge in [0.2, 0.25) is 5.91 Å². The number of piperidine rings is 1. The van der Waals surface area contributed by atoms with E-state index in [0.29, 0.717) is 12.2 Å². The maximum absolute atomic E-state index is 12.1. The third kappa shape index (κ3) is 3.65. The van der Waals surface area contributed by atoms with E-state index in [1.807, 2.05) is 11.8 Å². The molecule has 2 unspecified atom stereocenters. The largest absolute Gasteiger partial charge is 0.392 e. The lowest BCUT2D eigenvalue weighted by Gasteiger charge is -2.33. The summed E-state index contributed by atoms with van der Waals surface area (Å²) in [6.45, 7) is 3.19. The average Bonchev–Trinajstić information content (AvgIpc) is 2.40. The van der Waals surface area contributed by atoms with Crippen LogP contribution < -0.4 is 5.32 Å². The van der Waals surface area contributed by atoms with E-state index in [4.69, 9.17) is 11.6 Å². The van der Waals surface area contributed by atoms with Crippen LogP contribution in [0.4, 0.5) is 5.69 Å². The molecule has 104 valence electrons. The van der Waals surface area contributed by atoms with E-state index >= 15 is 0 Å². The molecule has 2 heterocycles. The van der Waals surface area contributed by atoms with Crippen molar-refractivity contribution in [1.29, 1.82) is 0 Å². The molecule has 1 fully saturated rings. The Morgan fingerprint density at radius 2 is 2.47 bits per heavy atom. The van der Waals surface area contributed by atoms with E-state index in [-0.39, 0.29) is 23.2 Å². The van der Waals surface area contributed by atoms with Gasteiger partial charge >= 0.3 is 0 Å². The zero-order valence-corrected chi connectivity index (χ0v) is 11.6. The minimum Gasteiger partial charge on any atom is -0.392 e. The number of hydrogen-bond donors (Lipinski definition) is 2. The lowest BCUT2D eigenvalue weighted by molar-refractivity contribution is -0.121. The molecule has 0 radical (unpaired) electrons. The second kappa shape index (κ2) is 6.32.